The number of anilines is 2. The van der Waals surface area contributed by atoms with E-state index < -0.39 is 11.2 Å². The molecule has 0 fully saturated rings. The van der Waals surface area contributed by atoms with E-state index in [-0.39, 0.29) is 23.8 Å². The van der Waals surface area contributed by atoms with Crippen LogP contribution in [-0.2, 0) is 18.9 Å². The minimum atomic E-state index is -0.611. The average Bonchev–Trinajstić information content (AvgIpc) is 2.39. The van der Waals surface area contributed by atoms with E-state index >= 15 is 0 Å². The van der Waals surface area contributed by atoms with Gasteiger partial charge in [-0.05, 0) is 13.3 Å². The van der Waals surface area contributed by atoms with Crippen LogP contribution >= 0.6 is 0 Å². The molecule has 104 valence electrons. The summed E-state index contributed by atoms with van der Waals surface area (Å²) in [6.45, 7) is 1.86. The van der Waals surface area contributed by atoms with Crippen molar-refractivity contribution < 1.29 is 4.79 Å². The molecule has 7 heteroatoms. The van der Waals surface area contributed by atoms with E-state index in [1.165, 1.54) is 14.1 Å². The summed E-state index contributed by atoms with van der Waals surface area (Å²) in [4.78, 5) is 35.1. The molecule has 1 heterocycles. The Morgan fingerprint density at radius 1 is 1.32 bits per heavy atom. The van der Waals surface area contributed by atoms with Crippen molar-refractivity contribution >= 4 is 17.4 Å². The number of amides is 1. The molecule has 0 atom stereocenters. The van der Waals surface area contributed by atoms with Gasteiger partial charge in [-0.25, -0.2) is 4.79 Å². The normalized spacial score (nSPS) is 10.9. The number of nitrogens with one attached hydrogen (secondary N) is 1. The lowest BCUT2D eigenvalue weighted by Crippen LogP contribution is -2.40. The van der Waals surface area contributed by atoms with Crippen LogP contribution in [0.2, 0.25) is 0 Å². The van der Waals surface area contributed by atoms with Crippen molar-refractivity contribution in [2.75, 3.05) is 11.1 Å². The Morgan fingerprint density at radius 3 is 2.53 bits per heavy atom. The van der Waals surface area contributed by atoms with Crippen molar-refractivity contribution in [2.45, 2.75) is 19.8 Å². The van der Waals surface area contributed by atoms with Gasteiger partial charge < -0.3 is 11.1 Å². The summed E-state index contributed by atoms with van der Waals surface area (Å²) < 4.78 is 2.01. The maximum absolute atomic E-state index is 11.9. The van der Waals surface area contributed by atoms with Crippen LogP contribution in [0.25, 0.3) is 0 Å². The molecule has 19 heavy (non-hydrogen) atoms. The minimum absolute atomic E-state index is 0.0486. The van der Waals surface area contributed by atoms with Crippen LogP contribution in [0.3, 0.4) is 0 Å². The summed E-state index contributed by atoms with van der Waals surface area (Å²) in [6.07, 6.45) is 4.51. The van der Waals surface area contributed by atoms with Crippen LogP contribution < -0.4 is 22.3 Å². The van der Waals surface area contributed by atoms with Gasteiger partial charge in [0, 0.05) is 20.5 Å². The van der Waals surface area contributed by atoms with Gasteiger partial charge in [0.25, 0.3) is 5.56 Å². The molecule has 1 aromatic rings. The third-order valence-corrected chi connectivity index (χ3v) is 2.75. The third-order valence-electron chi connectivity index (χ3n) is 2.75. The highest BCUT2D eigenvalue weighted by Gasteiger charge is 2.14. The minimum Gasteiger partial charge on any atom is -0.383 e. The molecule has 0 aliphatic carbocycles. The van der Waals surface area contributed by atoms with Crippen molar-refractivity contribution in [2.24, 2.45) is 14.1 Å². The number of hydrogen-bond acceptors (Lipinski definition) is 4. The summed E-state index contributed by atoms with van der Waals surface area (Å²) in [5, 5.41) is 2.46. The van der Waals surface area contributed by atoms with Crippen LogP contribution in [0.15, 0.2) is 21.7 Å². The molecule has 0 saturated carbocycles. The Hall–Kier alpha value is -2.31. The number of rotatable bonds is 4. The van der Waals surface area contributed by atoms with Crippen LogP contribution in [0.1, 0.15) is 19.8 Å². The van der Waals surface area contributed by atoms with E-state index in [9.17, 15) is 14.4 Å². The van der Waals surface area contributed by atoms with Crippen molar-refractivity contribution in [1.82, 2.24) is 9.13 Å². The number of allylic oxidation sites excluding steroid dienone is 2. The van der Waals surface area contributed by atoms with Crippen LogP contribution in [0.4, 0.5) is 11.5 Å². The van der Waals surface area contributed by atoms with Gasteiger partial charge in [0.1, 0.15) is 11.5 Å². The lowest BCUT2D eigenvalue weighted by Gasteiger charge is -2.12. The molecular weight excluding hydrogens is 248 g/mol. The smallest absolute Gasteiger partial charge is 0.332 e. The Labute approximate surface area is 110 Å². The predicted molar refractivity (Wildman–Crippen MR) is 74.0 cm³/mol. The lowest BCUT2D eigenvalue weighted by molar-refractivity contribution is -0.116. The van der Waals surface area contributed by atoms with Gasteiger partial charge in [-0.3, -0.25) is 18.7 Å². The third kappa shape index (κ3) is 3.12. The van der Waals surface area contributed by atoms with Gasteiger partial charge in [0.05, 0.1) is 0 Å². The van der Waals surface area contributed by atoms with E-state index in [1.807, 2.05) is 19.1 Å². The highest BCUT2D eigenvalue weighted by Crippen LogP contribution is 2.09. The maximum atomic E-state index is 11.9. The van der Waals surface area contributed by atoms with Crippen molar-refractivity contribution in [1.29, 1.82) is 0 Å². The Morgan fingerprint density at radius 2 is 1.95 bits per heavy atom. The first-order valence-corrected chi connectivity index (χ1v) is 5.86. The molecule has 0 radical (unpaired) electrons. The molecule has 3 N–H and O–H groups in total. The molecule has 0 aliphatic heterocycles. The van der Waals surface area contributed by atoms with Crippen LogP contribution in [0.5, 0.6) is 0 Å². The standard InChI is InChI=1S/C12H18N4O3/c1-4-5-6-7-8(17)14-9-10(13)15(2)12(19)16(3)11(9)18/h4-5H,6-7,13H2,1-3H3,(H,14,17). The van der Waals surface area contributed by atoms with E-state index in [2.05, 4.69) is 5.32 Å². The molecule has 1 aromatic heterocycles. The molecule has 0 spiro atoms. The maximum Gasteiger partial charge on any atom is 0.332 e. The zero-order valence-electron chi connectivity index (χ0n) is 11.3. The zero-order valence-corrected chi connectivity index (χ0v) is 11.3. The summed E-state index contributed by atoms with van der Waals surface area (Å²) in [6, 6.07) is 0. The van der Waals surface area contributed by atoms with Gasteiger partial charge in [0.15, 0.2) is 0 Å². The Balaban J connectivity index is 3.06. The van der Waals surface area contributed by atoms with Gasteiger partial charge in [-0.2, -0.15) is 0 Å². The number of nitrogens with two attached hydrogens (primary N) is 1. The number of carbonyl (C=O) groups excluding carboxylic acids is 1. The van der Waals surface area contributed by atoms with Crippen molar-refractivity contribution in [3.8, 4) is 0 Å². The summed E-state index contributed by atoms with van der Waals surface area (Å²) in [7, 11) is 2.77. The van der Waals surface area contributed by atoms with Crippen LogP contribution in [0, 0.1) is 0 Å². The first-order chi connectivity index (χ1) is 8.90. The second kappa shape index (κ2) is 6.03. The molecular formula is C12H18N4O3. The first-order valence-electron chi connectivity index (χ1n) is 5.86. The molecule has 1 amide bonds. The summed E-state index contributed by atoms with van der Waals surface area (Å²) >= 11 is 0. The number of nitrogen functional groups attached to an aromatic ring is 1. The highest BCUT2D eigenvalue weighted by molar-refractivity contribution is 5.93. The SMILES string of the molecule is CC=CCCC(=O)Nc1c(N)n(C)c(=O)n(C)c1=O. The van der Waals surface area contributed by atoms with E-state index in [0.717, 1.165) is 9.13 Å². The van der Waals surface area contributed by atoms with E-state index in [4.69, 9.17) is 5.73 Å². The first kappa shape index (κ1) is 14.7. The second-order valence-corrected chi connectivity index (χ2v) is 4.12. The highest BCUT2D eigenvalue weighted by atomic mass is 16.2. The molecule has 0 aliphatic rings. The Kier molecular flexibility index (Phi) is 4.68. The van der Waals surface area contributed by atoms with Gasteiger partial charge in [-0.15, -0.1) is 0 Å². The number of hydrogen-bond donors (Lipinski definition) is 2. The van der Waals surface area contributed by atoms with Crippen LogP contribution in [-0.4, -0.2) is 15.0 Å². The fourth-order valence-corrected chi connectivity index (χ4v) is 1.56. The quantitative estimate of drug-likeness (QED) is 0.747. The van der Waals surface area contributed by atoms with Gasteiger partial charge >= 0.3 is 5.69 Å². The second-order valence-electron chi connectivity index (χ2n) is 4.12. The average molecular weight is 266 g/mol. The fraction of sp³-hybridized carbons (Fsp3) is 0.417. The molecule has 7 nitrogen and oxygen atoms in total. The largest absolute Gasteiger partial charge is 0.383 e. The molecule has 1 rings (SSSR count). The molecule has 0 aromatic carbocycles. The van der Waals surface area contributed by atoms with E-state index in [1.54, 1.807) is 0 Å². The van der Waals surface area contributed by atoms with Crippen molar-refractivity contribution in [3.63, 3.8) is 0 Å². The predicted octanol–water partition coefficient (Wildman–Crippen LogP) is -0.0390. The monoisotopic (exact) mass is 266 g/mol. The number of nitrogens with zero attached hydrogens (tertiary/aromatic N) is 2. The summed E-state index contributed by atoms with van der Waals surface area (Å²) in [5.74, 6) is -0.368. The fourth-order valence-electron chi connectivity index (χ4n) is 1.56. The molecule has 0 bridgehead atoms. The van der Waals surface area contributed by atoms with Crippen molar-refractivity contribution in [3.05, 3.63) is 33.0 Å². The van der Waals surface area contributed by atoms with Gasteiger partial charge in [-0.1, -0.05) is 12.2 Å². The summed E-state index contributed by atoms with van der Waals surface area (Å²) in [5.41, 5.74) is 4.47. The molecule has 0 saturated heterocycles. The molecule has 0 unspecified atom stereocenters. The van der Waals surface area contributed by atoms with E-state index in [0.29, 0.717) is 6.42 Å². The Bertz CT molecular complexity index is 625. The van der Waals surface area contributed by atoms with Gasteiger partial charge in [0.2, 0.25) is 5.91 Å². The zero-order chi connectivity index (χ0) is 14.6. The topological polar surface area (TPSA) is 99.1 Å². The number of aromatic nitrogens is 2. The lowest BCUT2D eigenvalue weighted by atomic mass is 10.2. The number of carbonyl (C=O) groups is 1.